The van der Waals surface area contributed by atoms with E-state index < -0.39 is 0 Å². The molecule has 0 bridgehead atoms. The van der Waals surface area contributed by atoms with Gasteiger partial charge < -0.3 is 14.5 Å². The number of likely N-dealkylation sites (tertiary alicyclic amines) is 1. The third kappa shape index (κ3) is 3.45. The number of nitrogens with zero attached hydrogens (tertiary/aromatic N) is 3. The molecule has 2 saturated heterocycles. The van der Waals surface area contributed by atoms with E-state index in [9.17, 15) is 14.4 Å². The zero-order valence-corrected chi connectivity index (χ0v) is 16.3. The lowest BCUT2D eigenvalue weighted by Gasteiger charge is -2.36. The van der Waals surface area contributed by atoms with Gasteiger partial charge in [-0.25, -0.2) is 0 Å². The summed E-state index contributed by atoms with van der Waals surface area (Å²) >= 11 is 0. The van der Waals surface area contributed by atoms with Gasteiger partial charge in [0.1, 0.15) is 12.3 Å². The predicted molar refractivity (Wildman–Crippen MR) is 104 cm³/mol. The molecular weight excluding hydrogens is 358 g/mol. The predicted octanol–water partition coefficient (Wildman–Crippen LogP) is 1.52. The molecule has 150 valence electrons. The molecule has 0 N–H and O–H groups in total. The first-order valence-electron chi connectivity index (χ1n) is 10.1. The van der Waals surface area contributed by atoms with Crippen LogP contribution in [0.5, 0.6) is 5.75 Å². The Morgan fingerprint density at radius 1 is 0.964 bits per heavy atom. The van der Waals surface area contributed by atoms with E-state index in [1.54, 1.807) is 12.0 Å². The van der Waals surface area contributed by atoms with Crippen molar-refractivity contribution in [3.8, 4) is 5.75 Å². The average molecular weight is 385 g/mol. The van der Waals surface area contributed by atoms with Crippen LogP contribution < -0.4 is 9.64 Å². The third-order valence-electron chi connectivity index (χ3n) is 6.30. The van der Waals surface area contributed by atoms with Crippen molar-refractivity contribution in [2.75, 3.05) is 44.7 Å². The molecule has 2 heterocycles. The highest BCUT2D eigenvalue weighted by Gasteiger charge is 2.48. The van der Waals surface area contributed by atoms with Crippen LogP contribution in [0.4, 0.5) is 5.69 Å². The average Bonchev–Trinajstić information content (AvgIpc) is 2.99. The molecule has 2 aliphatic heterocycles. The summed E-state index contributed by atoms with van der Waals surface area (Å²) in [5.74, 6) is 0.0228. The number of ether oxygens (including phenoxy) is 1. The summed E-state index contributed by atoms with van der Waals surface area (Å²) in [6, 6.07) is 7.88. The Hall–Kier alpha value is -2.57. The van der Waals surface area contributed by atoms with Gasteiger partial charge in [-0.2, -0.15) is 0 Å². The van der Waals surface area contributed by atoms with Crippen molar-refractivity contribution in [3.05, 3.63) is 24.3 Å². The number of piperazine rings is 1. The maximum absolute atomic E-state index is 12.7. The lowest BCUT2D eigenvalue weighted by Crippen LogP contribution is -2.52. The fraction of sp³-hybridized carbons (Fsp3) is 0.571. The third-order valence-corrected chi connectivity index (χ3v) is 6.30. The monoisotopic (exact) mass is 385 g/mol. The first kappa shape index (κ1) is 18.8. The Labute approximate surface area is 165 Å². The lowest BCUT2D eigenvalue weighted by atomic mass is 9.81. The molecule has 7 nitrogen and oxygen atoms in total. The van der Waals surface area contributed by atoms with E-state index >= 15 is 0 Å². The van der Waals surface area contributed by atoms with Crippen molar-refractivity contribution in [2.45, 2.75) is 25.7 Å². The Balaban J connectivity index is 1.32. The second-order valence-electron chi connectivity index (χ2n) is 7.83. The molecule has 0 radical (unpaired) electrons. The number of hydrogen-bond donors (Lipinski definition) is 0. The van der Waals surface area contributed by atoms with Gasteiger partial charge in [-0.15, -0.1) is 0 Å². The number of methoxy groups -OCH3 is 1. The zero-order chi connectivity index (χ0) is 19.7. The molecular formula is C21H27N3O4. The maximum atomic E-state index is 12.7. The highest BCUT2D eigenvalue weighted by molar-refractivity contribution is 6.07. The Bertz CT molecular complexity index is 731. The summed E-state index contributed by atoms with van der Waals surface area (Å²) < 4.78 is 5.19. The molecule has 1 aromatic rings. The zero-order valence-electron chi connectivity index (χ0n) is 16.3. The fourth-order valence-corrected chi connectivity index (χ4v) is 4.63. The SMILES string of the molecule is COc1ccc(N2CCN(C(=O)CN3C(=O)C4CCCCC4C3=O)CC2)cc1. The van der Waals surface area contributed by atoms with Gasteiger partial charge in [-0.05, 0) is 37.1 Å². The number of anilines is 1. The van der Waals surface area contributed by atoms with Crippen molar-refractivity contribution in [3.63, 3.8) is 0 Å². The van der Waals surface area contributed by atoms with Crippen LogP contribution in [0.1, 0.15) is 25.7 Å². The molecule has 1 aromatic carbocycles. The first-order chi connectivity index (χ1) is 13.6. The highest BCUT2D eigenvalue weighted by Crippen LogP contribution is 2.37. The number of imide groups is 1. The van der Waals surface area contributed by atoms with Crippen LogP contribution >= 0.6 is 0 Å². The van der Waals surface area contributed by atoms with Gasteiger partial charge in [-0.3, -0.25) is 19.3 Å². The van der Waals surface area contributed by atoms with Crippen LogP contribution in [0.25, 0.3) is 0 Å². The number of amides is 3. The van der Waals surface area contributed by atoms with Crippen molar-refractivity contribution >= 4 is 23.4 Å². The molecule has 2 unspecified atom stereocenters. The summed E-state index contributed by atoms with van der Waals surface area (Å²) in [5, 5.41) is 0. The molecule has 3 fully saturated rings. The second kappa shape index (κ2) is 7.81. The highest BCUT2D eigenvalue weighted by atomic mass is 16.5. The van der Waals surface area contributed by atoms with E-state index in [2.05, 4.69) is 4.90 Å². The van der Waals surface area contributed by atoms with E-state index in [1.807, 2.05) is 24.3 Å². The smallest absolute Gasteiger partial charge is 0.242 e. The van der Waals surface area contributed by atoms with Crippen molar-refractivity contribution in [2.24, 2.45) is 11.8 Å². The number of carbonyl (C=O) groups excluding carboxylic acids is 3. The molecule has 1 aliphatic carbocycles. The maximum Gasteiger partial charge on any atom is 0.242 e. The standard InChI is InChI=1S/C21H27N3O4/c1-28-16-8-6-15(7-9-16)22-10-12-23(13-11-22)19(25)14-24-20(26)17-4-2-3-5-18(17)21(24)27/h6-9,17-18H,2-5,10-14H2,1H3. The minimum Gasteiger partial charge on any atom is -0.497 e. The van der Waals surface area contributed by atoms with Gasteiger partial charge in [0.25, 0.3) is 0 Å². The number of fused-ring (bicyclic) bond motifs is 1. The van der Waals surface area contributed by atoms with Crippen LogP contribution in [-0.4, -0.2) is 67.4 Å². The molecule has 2 atom stereocenters. The second-order valence-corrected chi connectivity index (χ2v) is 7.83. The molecule has 4 rings (SSSR count). The molecule has 3 amide bonds. The quantitative estimate of drug-likeness (QED) is 0.735. The normalized spacial score (nSPS) is 25.1. The van der Waals surface area contributed by atoms with Crippen molar-refractivity contribution in [1.29, 1.82) is 0 Å². The number of carbonyl (C=O) groups is 3. The fourth-order valence-electron chi connectivity index (χ4n) is 4.63. The van der Waals surface area contributed by atoms with Gasteiger partial charge in [0.15, 0.2) is 0 Å². The number of rotatable bonds is 4. The van der Waals surface area contributed by atoms with E-state index in [-0.39, 0.29) is 36.1 Å². The van der Waals surface area contributed by atoms with Crippen LogP contribution in [0.3, 0.4) is 0 Å². The van der Waals surface area contributed by atoms with Crippen LogP contribution in [0.2, 0.25) is 0 Å². The van der Waals surface area contributed by atoms with E-state index in [4.69, 9.17) is 4.74 Å². The van der Waals surface area contributed by atoms with E-state index in [1.165, 1.54) is 4.90 Å². The lowest BCUT2D eigenvalue weighted by molar-refractivity contribution is -0.146. The molecule has 7 heteroatoms. The van der Waals surface area contributed by atoms with Crippen molar-refractivity contribution in [1.82, 2.24) is 9.80 Å². The van der Waals surface area contributed by atoms with Crippen LogP contribution in [0.15, 0.2) is 24.3 Å². The molecule has 0 spiro atoms. The summed E-state index contributed by atoms with van der Waals surface area (Å²) in [5.41, 5.74) is 1.10. The Morgan fingerprint density at radius 3 is 2.07 bits per heavy atom. The summed E-state index contributed by atoms with van der Waals surface area (Å²) in [6.45, 7) is 2.53. The minimum atomic E-state index is -0.194. The minimum absolute atomic E-state index is 0.104. The summed E-state index contributed by atoms with van der Waals surface area (Å²) in [4.78, 5) is 43.1. The molecule has 28 heavy (non-hydrogen) atoms. The van der Waals surface area contributed by atoms with Gasteiger partial charge in [-0.1, -0.05) is 12.8 Å². The summed E-state index contributed by atoms with van der Waals surface area (Å²) in [7, 11) is 1.64. The molecule has 1 saturated carbocycles. The van der Waals surface area contributed by atoms with Gasteiger partial charge in [0.2, 0.25) is 17.7 Å². The van der Waals surface area contributed by atoms with Crippen molar-refractivity contribution < 1.29 is 19.1 Å². The van der Waals surface area contributed by atoms with Crippen LogP contribution in [-0.2, 0) is 14.4 Å². The first-order valence-corrected chi connectivity index (χ1v) is 10.1. The van der Waals surface area contributed by atoms with Crippen LogP contribution in [0, 0.1) is 11.8 Å². The molecule has 0 aromatic heterocycles. The molecule has 3 aliphatic rings. The number of hydrogen-bond acceptors (Lipinski definition) is 5. The largest absolute Gasteiger partial charge is 0.497 e. The van der Waals surface area contributed by atoms with Gasteiger partial charge in [0.05, 0.1) is 18.9 Å². The topological polar surface area (TPSA) is 70.2 Å². The van der Waals surface area contributed by atoms with Gasteiger partial charge in [0, 0.05) is 31.9 Å². The number of benzene rings is 1. The summed E-state index contributed by atoms with van der Waals surface area (Å²) in [6.07, 6.45) is 3.55. The van der Waals surface area contributed by atoms with E-state index in [0.29, 0.717) is 13.1 Å². The Kier molecular flexibility index (Phi) is 5.24. The van der Waals surface area contributed by atoms with Gasteiger partial charge >= 0.3 is 0 Å². The van der Waals surface area contributed by atoms with E-state index in [0.717, 1.165) is 50.2 Å². The Morgan fingerprint density at radius 2 is 1.54 bits per heavy atom.